The number of aromatic amines is 3. The van der Waals surface area contributed by atoms with E-state index in [-0.39, 0.29) is 44.6 Å². The lowest BCUT2D eigenvalue weighted by atomic mass is 10.0. The van der Waals surface area contributed by atoms with Crippen LogP contribution in [0.15, 0.2) is 55.5 Å². The molecule has 0 aliphatic carbocycles. The monoisotopic (exact) mass is 906 g/mol. The number of rotatable bonds is 25. The van der Waals surface area contributed by atoms with Crippen LogP contribution in [0.25, 0.3) is 10.9 Å². The molecule has 4 rings (SSSR count). The lowest BCUT2D eigenvalue weighted by molar-refractivity contribution is -0.135. The average Bonchev–Trinajstić information content (AvgIpc) is 4.06. The Morgan fingerprint density at radius 1 is 0.677 bits per heavy atom. The van der Waals surface area contributed by atoms with Crippen molar-refractivity contribution in [3.8, 4) is 0 Å². The molecular weight excluding hydrogens is 849 g/mol. The number of H-pyrrole nitrogens is 3. The minimum atomic E-state index is -1.49. The van der Waals surface area contributed by atoms with E-state index in [1.165, 1.54) is 45.8 Å². The summed E-state index contributed by atoms with van der Waals surface area (Å²) in [5.74, 6) is -6.43. The fourth-order valence-corrected chi connectivity index (χ4v) is 6.56. The smallest absolute Gasteiger partial charge is 0.243 e. The van der Waals surface area contributed by atoms with Gasteiger partial charge in [-0.25, -0.2) is 9.97 Å². The highest BCUT2D eigenvalue weighted by Crippen LogP contribution is 2.19. The summed E-state index contributed by atoms with van der Waals surface area (Å²) in [6.45, 7) is 4.02. The van der Waals surface area contributed by atoms with Crippen molar-refractivity contribution >= 4 is 58.2 Å². The molecule has 0 saturated heterocycles. The number of aliphatic hydroxyl groups is 2. The van der Waals surface area contributed by atoms with Gasteiger partial charge in [-0.1, -0.05) is 18.2 Å². The SMILES string of the molecule is C[C@H](NC(=O)[C@H](CCCNC(=N)N)NC(=O)[C@H](Cc1c[nH]cn1)NC(=O)[C@H](Cc1c[nH]cn1)NC(=O)[C@@H](N)[C@@H](C)O)C(=O)N[C@@H](Cc1c[nH]c2ccccc12)C(=O)N[C@H](C(N)=O)[C@@H](C)O. The van der Waals surface area contributed by atoms with Crippen LogP contribution < -0.4 is 54.4 Å². The maximum Gasteiger partial charge on any atom is 0.243 e. The van der Waals surface area contributed by atoms with Crippen LogP contribution in [0.4, 0.5) is 0 Å². The molecule has 7 amide bonds. The zero-order valence-electron chi connectivity index (χ0n) is 36.0. The topological polar surface area (TPSA) is 419 Å². The first-order valence-electron chi connectivity index (χ1n) is 20.7. The van der Waals surface area contributed by atoms with Crippen molar-refractivity contribution in [2.75, 3.05) is 6.54 Å². The second-order valence-corrected chi connectivity index (χ2v) is 15.4. The van der Waals surface area contributed by atoms with Crippen molar-refractivity contribution in [3.63, 3.8) is 0 Å². The van der Waals surface area contributed by atoms with Crippen LogP contribution in [0, 0.1) is 5.41 Å². The average molecular weight is 907 g/mol. The molecule has 3 aromatic heterocycles. The number of amides is 7. The van der Waals surface area contributed by atoms with Crippen LogP contribution in [0.5, 0.6) is 0 Å². The Balaban J connectivity index is 1.55. The van der Waals surface area contributed by atoms with Crippen LogP contribution in [-0.4, -0.2) is 143 Å². The molecule has 3 heterocycles. The Bertz CT molecular complexity index is 2250. The number of carbonyl (C=O) groups is 7. The first-order valence-corrected chi connectivity index (χ1v) is 20.7. The molecule has 0 aliphatic heterocycles. The molecule has 0 aliphatic rings. The molecule has 1 aromatic carbocycles. The van der Waals surface area contributed by atoms with Crippen molar-refractivity contribution < 1.29 is 43.8 Å². The fraction of sp³-hybridized carbons (Fsp3) is 0.450. The minimum Gasteiger partial charge on any atom is -0.391 e. The van der Waals surface area contributed by atoms with Crippen molar-refractivity contribution in [3.05, 3.63) is 72.5 Å². The highest BCUT2D eigenvalue weighted by molar-refractivity contribution is 5.97. The van der Waals surface area contributed by atoms with Crippen LogP contribution in [0.2, 0.25) is 0 Å². The molecule has 9 atom stereocenters. The van der Waals surface area contributed by atoms with E-state index in [1.54, 1.807) is 18.3 Å². The van der Waals surface area contributed by atoms with E-state index in [0.29, 0.717) is 17.0 Å². The third-order valence-corrected chi connectivity index (χ3v) is 10.2. The first kappa shape index (κ1) is 50.3. The highest BCUT2D eigenvalue weighted by Gasteiger charge is 2.34. The van der Waals surface area contributed by atoms with Gasteiger partial charge in [0.05, 0.1) is 36.3 Å². The number of carbonyl (C=O) groups excluding carboxylic acids is 7. The third-order valence-electron chi connectivity index (χ3n) is 10.2. The molecule has 0 saturated carbocycles. The van der Waals surface area contributed by atoms with E-state index >= 15 is 0 Å². The van der Waals surface area contributed by atoms with Crippen molar-refractivity contribution in [2.45, 2.75) is 107 Å². The van der Waals surface area contributed by atoms with Gasteiger partial charge in [0.15, 0.2) is 5.96 Å². The first-order chi connectivity index (χ1) is 30.8. The number of nitrogens with one attached hydrogen (secondary N) is 11. The summed E-state index contributed by atoms with van der Waals surface area (Å²) in [5, 5.41) is 46.2. The molecule has 19 N–H and O–H groups in total. The number of hydrogen-bond acceptors (Lipinski definition) is 13. The van der Waals surface area contributed by atoms with Gasteiger partial charge in [0, 0.05) is 55.3 Å². The van der Waals surface area contributed by atoms with E-state index in [4.69, 9.17) is 22.6 Å². The number of benzene rings is 1. The van der Waals surface area contributed by atoms with Crippen LogP contribution in [0.3, 0.4) is 0 Å². The second kappa shape index (κ2) is 23.9. The quantitative estimate of drug-likeness (QED) is 0.0169. The number of nitrogens with two attached hydrogens (primary N) is 3. The number of aliphatic hydroxyl groups excluding tert-OH is 2. The molecule has 0 radical (unpaired) electrons. The highest BCUT2D eigenvalue weighted by atomic mass is 16.3. The zero-order chi connectivity index (χ0) is 47.8. The zero-order valence-corrected chi connectivity index (χ0v) is 36.0. The normalized spacial score (nSPS) is 15.4. The van der Waals surface area contributed by atoms with E-state index in [1.807, 2.05) is 12.1 Å². The largest absolute Gasteiger partial charge is 0.391 e. The minimum absolute atomic E-state index is 0.0657. The van der Waals surface area contributed by atoms with Gasteiger partial charge in [0.1, 0.15) is 42.3 Å². The number of aromatic nitrogens is 5. The predicted molar refractivity (Wildman–Crippen MR) is 234 cm³/mol. The van der Waals surface area contributed by atoms with E-state index < -0.39 is 95.9 Å². The molecule has 4 aromatic rings. The van der Waals surface area contributed by atoms with Gasteiger partial charge in [0.25, 0.3) is 0 Å². The Hall–Kier alpha value is -7.38. The van der Waals surface area contributed by atoms with Gasteiger partial charge in [-0.3, -0.25) is 39.0 Å². The number of para-hydroxylation sites is 1. The lowest BCUT2D eigenvalue weighted by Crippen LogP contribution is -2.60. The Labute approximate surface area is 372 Å². The Morgan fingerprint density at radius 3 is 1.74 bits per heavy atom. The summed E-state index contributed by atoms with van der Waals surface area (Å²) in [6, 6.07) is -2.44. The molecule has 0 unspecified atom stereocenters. The summed E-state index contributed by atoms with van der Waals surface area (Å²) < 4.78 is 0. The predicted octanol–water partition coefficient (Wildman–Crippen LogP) is -4.59. The van der Waals surface area contributed by atoms with E-state index in [2.05, 4.69) is 62.1 Å². The number of nitrogens with zero attached hydrogens (tertiary/aromatic N) is 2. The maximum absolute atomic E-state index is 14.1. The molecule has 0 fully saturated rings. The molecule has 0 spiro atoms. The fourth-order valence-electron chi connectivity index (χ4n) is 6.56. The number of primary amides is 1. The summed E-state index contributed by atoms with van der Waals surface area (Å²) in [6.07, 6.45) is 4.42. The molecular formula is C40H58N16O9. The van der Waals surface area contributed by atoms with Gasteiger partial charge in [-0.15, -0.1) is 0 Å². The summed E-state index contributed by atoms with van der Waals surface area (Å²) >= 11 is 0. The third kappa shape index (κ3) is 15.1. The number of guanidine groups is 1. The van der Waals surface area contributed by atoms with E-state index in [0.717, 1.165) is 10.9 Å². The molecule has 0 bridgehead atoms. The Kier molecular flexibility index (Phi) is 18.5. The van der Waals surface area contributed by atoms with Crippen molar-refractivity contribution in [2.24, 2.45) is 17.2 Å². The number of imidazole rings is 2. The van der Waals surface area contributed by atoms with E-state index in [9.17, 15) is 43.8 Å². The standard InChI is InChI=1S/C40H58N16O9/c1-19(34(60)53-28(38(64)56-32(21(3)58)33(42)59)11-22-14-48-26-8-5-4-7-25(22)26)51-35(61)27(9-6-10-47-40(43)44)52-36(62)29(12-23-15-45-17-49-23)54-37(63)30(13-24-16-46-18-50-24)55-39(65)31(41)20(2)57/h4-5,7-8,14-21,27-32,48,57-58H,6,9-13,41H2,1-3H3,(H2,42,59)(H,45,49)(H,46,50)(H,51,61)(H,52,62)(H,53,60)(H,54,63)(H,55,65)(H,56,64)(H4,43,44,47)/t19-,20+,21+,27-,28-,29-,30-,31-,32-/m0/s1. The Morgan fingerprint density at radius 2 is 1.20 bits per heavy atom. The summed E-state index contributed by atoms with van der Waals surface area (Å²) in [7, 11) is 0. The van der Waals surface area contributed by atoms with Crippen LogP contribution >= 0.6 is 0 Å². The van der Waals surface area contributed by atoms with Gasteiger partial charge in [-0.05, 0) is 45.2 Å². The number of fused-ring (bicyclic) bond motifs is 1. The second-order valence-electron chi connectivity index (χ2n) is 15.4. The molecule has 65 heavy (non-hydrogen) atoms. The summed E-state index contributed by atoms with van der Waals surface area (Å²) in [5.41, 5.74) is 18.8. The van der Waals surface area contributed by atoms with Gasteiger partial charge < -0.3 is 79.6 Å². The van der Waals surface area contributed by atoms with Crippen molar-refractivity contribution in [1.29, 1.82) is 5.41 Å². The van der Waals surface area contributed by atoms with Crippen LogP contribution in [-0.2, 0) is 52.8 Å². The van der Waals surface area contributed by atoms with Crippen molar-refractivity contribution in [1.82, 2.24) is 62.1 Å². The van der Waals surface area contributed by atoms with Crippen LogP contribution in [0.1, 0.15) is 50.6 Å². The molecule has 25 nitrogen and oxygen atoms in total. The van der Waals surface area contributed by atoms with Gasteiger partial charge >= 0.3 is 0 Å². The lowest BCUT2D eigenvalue weighted by Gasteiger charge is -2.27. The van der Waals surface area contributed by atoms with Gasteiger partial charge in [-0.2, -0.15) is 0 Å². The summed E-state index contributed by atoms with van der Waals surface area (Å²) in [4.78, 5) is 111. The molecule has 352 valence electrons. The van der Waals surface area contributed by atoms with Gasteiger partial charge in [0.2, 0.25) is 41.4 Å². The maximum atomic E-state index is 14.1. The molecule has 25 heteroatoms. The number of hydrogen-bond donors (Lipinski definition) is 16.